The lowest BCUT2D eigenvalue weighted by Gasteiger charge is -2.17. The number of aromatic nitrogens is 8. The molecule has 0 N–H and O–H groups in total. The minimum Gasteiger partial charge on any atom is -0.268 e. The number of benzene rings is 4. The zero-order valence-electron chi connectivity index (χ0n) is 33.7. The molecule has 0 fully saturated rings. The summed E-state index contributed by atoms with van der Waals surface area (Å²) < 4.78 is 9.38. The van der Waals surface area contributed by atoms with Crippen LogP contribution in [0.25, 0.3) is 45.3 Å². The maximum absolute atomic E-state index is 13.2. The normalized spacial score (nSPS) is 10.8. The lowest BCUT2D eigenvalue weighted by molar-refractivity contribution is 0.713. The average molecular weight is 874 g/mol. The van der Waals surface area contributed by atoms with Crippen molar-refractivity contribution in [2.24, 2.45) is 14.1 Å². The quantitative estimate of drug-likeness (QED) is 0.176. The Labute approximate surface area is 357 Å². The molecule has 0 saturated heterocycles. The van der Waals surface area contributed by atoms with Crippen LogP contribution in [0.4, 0.5) is 0 Å². The first-order valence-electron chi connectivity index (χ1n) is 19.0. The van der Waals surface area contributed by atoms with E-state index in [1.165, 1.54) is 18.7 Å². The Morgan fingerprint density at radius 2 is 1.00 bits per heavy atom. The van der Waals surface area contributed by atoms with Gasteiger partial charge >= 0.3 is 11.4 Å². The Morgan fingerprint density at radius 3 is 1.41 bits per heavy atom. The van der Waals surface area contributed by atoms with E-state index < -0.39 is 16.9 Å². The second kappa shape index (κ2) is 17.1. The summed E-state index contributed by atoms with van der Waals surface area (Å²) in [5.74, 6) is 0. The molecule has 0 unspecified atom stereocenters. The summed E-state index contributed by atoms with van der Waals surface area (Å²) in [4.78, 5) is 52.2. The predicted octanol–water partition coefficient (Wildman–Crippen LogP) is 6.46. The van der Waals surface area contributed by atoms with E-state index in [-0.39, 0.29) is 5.56 Å². The van der Waals surface area contributed by atoms with E-state index in [1.54, 1.807) is 101 Å². The highest BCUT2D eigenvalue weighted by Crippen LogP contribution is 2.26. The van der Waals surface area contributed by atoms with Crippen LogP contribution in [0.3, 0.4) is 0 Å². The number of hydrogen-bond acceptors (Lipinski definition) is 8. The molecule has 4 aromatic carbocycles. The molecule has 4 aromatic heterocycles. The minimum atomic E-state index is -0.427. The molecule has 0 aliphatic rings. The first kappa shape index (κ1) is 41.3. The van der Waals surface area contributed by atoms with Gasteiger partial charge in [-0.25, -0.2) is 19.0 Å². The molecule has 8 rings (SSSR count). The molecule has 0 amide bonds. The molecule has 4 heterocycles. The Kier molecular flexibility index (Phi) is 11.6. The van der Waals surface area contributed by atoms with Crippen molar-refractivity contribution in [3.8, 4) is 57.4 Å². The molecule has 14 nitrogen and oxygen atoms in total. The number of aryl methyl sites for hydroxylation is 1. The number of hydrogen-bond donors (Lipinski definition) is 0. The van der Waals surface area contributed by atoms with E-state index >= 15 is 0 Å². The Bertz CT molecular complexity index is 3300. The van der Waals surface area contributed by atoms with Gasteiger partial charge in [-0.1, -0.05) is 41.1 Å². The van der Waals surface area contributed by atoms with E-state index in [0.29, 0.717) is 67.8 Å². The summed E-state index contributed by atoms with van der Waals surface area (Å²) in [6, 6.07) is 36.6. The van der Waals surface area contributed by atoms with Crippen molar-refractivity contribution in [1.29, 1.82) is 10.5 Å². The third-order valence-electron chi connectivity index (χ3n) is 10.3. The van der Waals surface area contributed by atoms with Crippen LogP contribution in [-0.4, -0.2) is 37.8 Å². The van der Waals surface area contributed by atoms with E-state index in [9.17, 15) is 19.2 Å². The topological polar surface area (TPSA) is 171 Å². The maximum atomic E-state index is 13.2. The second-order valence-corrected chi connectivity index (χ2v) is 14.9. The van der Waals surface area contributed by atoms with Crippen LogP contribution in [0.5, 0.6) is 0 Å². The van der Waals surface area contributed by atoms with Crippen molar-refractivity contribution in [2.75, 3.05) is 0 Å². The molecule has 0 saturated carbocycles. The molecular formula is C46H37BrN10O4. The van der Waals surface area contributed by atoms with Gasteiger partial charge in [0, 0.05) is 30.0 Å². The summed E-state index contributed by atoms with van der Waals surface area (Å²) in [7, 11) is 2.95. The first-order valence-corrected chi connectivity index (χ1v) is 19.8. The molecule has 0 radical (unpaired) electrons. The van der Waals surface area contributed by atoms with Gasteiger partial charge in [-0.15, -0.1) is 0 Å². The van der Waals surface area contributed by atoms with Crippen molar-refractivity contribution < 1.29 is 0 Å². The molecule has 0 aliphatic heterocycles. The highest BCUT2D eigenvalue weighted by atomic mass is 79.9. The maximum Gasteiger partial charge on any atom is 0.335 e. The minimum absolute atomic E-state index is 0.374. The van der Waals surface area contributed by atoms with Crippen LogP contribution in [-0.2, 0) is 20.5 Å². The summed E-state index contributed by atoms with van der Waals surface area (Å²) in [6.07, 6.45) is 4.05. The number of halogens is 1. The fourth-order valence-corrected chi connectivity index (χ4v) is 7.50. The van der Waals surface area contributed by atoms with Crippen LogP contribution >= 0.6 is 15.9 Å². The van der Waals surface area contributed by atoms with Crippen LogP contribution in [0.2, 0.25) is 0 Å². The van der Waals surface area contributed by atoms with Gasteiger partial charge in [0.2, 0.25) is 0 Å². The molecule has 0 spiro atoms. The van der Waals surface area contributed by atoms with E-state index in [0.717, 1.165) is 25.6 Å². The van der Waals surface area contributed by atoms with E-state index in [4.69, 9.17) is 10.5 Å². The molecule has 0 aliphatic carbocycles. The van der Waals surface area contributed by atoms with Crippen molar-refractivity contribution in [2.45, 2.75) is 27.2 Å². The van der Waals surface area contributed by atoms with Gasteiger partial charge in [-0.2, -0.15) is 20.7 Å². The zero-order chi connectivity index (χ0) is 43.5. The van der Waals surface area contributed by atoms with Gasteiger partial charge in [-0.05, 0) is 117 Å². The molecule has 8 aromatic rings. The highest BCUT2D eigenvalue weighted by molar-refractivity contribution is 9.10. The Hall–Kier alpha value is -7.88. The molecule has 0 atom stereocenters. The second-order valence-electron chi connectivity index (χ2n) is 14.0. The molecule has 0 bridgehead atoms. The van der Waals surface area contributed by atoms with E-state index in [2.05, 4.69) is 45.2 Å². The van der Waals surface area contributed by atoms with Crippen LogP contribution in [0.15, 0.2) is 145 Å². The van der Waals surface area contributed by atoms with Gasteiger partial charge in [0.25, 0.3) is 11.1 Å². The lowest BCUT2D eigenvalue weighted by Crippen LogP contribution is -2.40. The van der Waals surface area contributed by atoms with Crippen LogP contribution in [0, 0.1) is 36.5 Å². The van der Waals surface area contributed by atoms with Crippen molar-refractivity contribution in [3.63, 3.8) is 0 Å². The molecule has 15 heteroatoms. The SMILES string of the molecule is CCc1cccc(-n2c(C)c(-c3ccnn3-c3ccc(C#N)cc3)c(=O)n(C)c2=O)c1.Cc1c(-c2ccnn2-c2ccc(C#N)cc2)c(=O)n(C)c(=O)n1-c1cccc(Br)c1. The van der Waals surface area contributed by atoms with Crippen LogP contribution < -0.4 is 22.5 Å². The first-order chi connectivity index (χ1) is 29.4. The smallest absolute Gasteiger partial charge is 0.268 e. The standard InChI is InChI=1S/C24H21N5O2.C22H16BrN5O2/c1-4-17-6-5-7-20(14-17)28-16(2)22(23(30)27(3)24(28)31)21-12-13-26-29(21)19-10-8-18(15-25)9-11-19;1-14-20(19-10-11-25-28(19)17-8-6-15(13-24)7-9-17)21(29)26(2)22(30)27(14)18-5-3-4-16(23)12-18/h5-14H,4H2,1-3H3;3-12H,1-2H3. The van der Waals surface area contributed by atoms with Gasteiger partial charge in [-0.3, -0.25) is 27.9 Å². The third kappa shape index (κ3) is 7.73. The predicted molar refractivity (Wildman–Crippen MR) is 236 cm³/mol. The third-order valence-corrected chi connectivity index (χ3v) is 10.8. The summed E-state index contributed by atoms with van der Waals surface area (Å²) in [5.41, 5.74) is 6.27. The summed E-state index contributed by atoms with van der Waals surface area (Å²) in [6.45, 7) is 5.57. The molecular weight excluding hydrogens is 836 g/mol. The Balaban J connectivity index is 0.000000184. The fraction of sp³-hybridized carbons (Fsp3) is 0.130. The fourth-order valence-electron chi connectivity index (χ4n) is 7.11. The monoisotopic (exact) mass is 872 g/mol. The summed E-state index contributed by atoms with van der Waals surface area (Å²) in [5, 5.41) is 26.8. The highest BCUT2D eigenvalue weighted by Gasteiger charge is 2.22. The van der Waals surface area contributed by atoms with Gasteiger partial charge in [0.15, 0.2) is 0 Å². The van der Waals surface area contributed by atoms with Crippen molar-refractivity contribution in [3.05, 3.63) is 196 Å². The zero-order valence-corrected chi connectivity index (χ0v) is 35.3. The van der Waals surface area contributed by atoms with Gasteiger partial charge < -0.3 is 0 Å². The average Bonchev–Trinajstić information content (AvgIpc) is 3.96. The van der Waals surface area contributed by atoms with Crippen molar-refractivity contribution >= 4 is 15.9 Å². The van der Waals surface area contributed by atoms with Gasteiger partial charge in [0.05, 0.1) is 80.9 Å². The lowest BCUT2D eigenvalue weighted by atomic mass is 10.1. The Morgan fingerprint density at radius 1 is 0.574 bits per heavy atom. The number of nitrogens with zero attached hydrogens (tertiary/aromatic N) is 10. The largest absolute Gasteiger partial charge is 0.335 e. The van der Waals surface area contributed by atoms with Crippen LogP contribution in [0.1, 0.15) is 35.0 Å². The van der Waals surface area contributed by atoms with E-state index in [1.807, 2.05) is 48.5 Å². The summed E-state index contributed by atoms with van der Waals surface area (Å²) >= 11 is 3.43. The van der Waals surface area contributed by atoms with Crippen molar-refractivity contribution in [1.82, 2.24) is 37.8 Å². The molecule has 302 valence electrons. The molecule has 61 heavy (non-hydrogen) atoms. The number of rotatable bonds is 7. The van der Waals surface area contributed by atoms with Gasteiger partial charge in [0.1, 0.15) is 0 Å². The number of nitriles is 2.